The molecule has 0 unspecified atom stereocenters. The van der Waals surface area contributed by atoms with Crippen molar-refractivity contribution in [1.82, 2.24) is 58.6 Å². The number of nitrogens with two attached hydrogens (primary N) is 4. The Morgan fingerprint density at radius 2 is 0.803 bits per heavy atom. The van der Waals surface area contributed by atoms with Gasteiger partial charge in [0, 0.05) is 38.9 Å². The summed E-state index contributed by atoms with van der Waals surface area (Å²) in [5, 5.41) is 68.2. The van der Waals surface area contributed by atoms with Gasteiger partial charge in [0.15, 0.2) is 23.8 Å². The minimum Gasteiger partial charge on any atom is -0.480 e. The van der Waals surface area contributed by atoms with E-state index in [1.165, 1.54) is 6.92 Å². The number of hydrogen-bond acceptors (Lipinski definition) is 13. The Balaban J connectivity index is 6.76. The van der Waals surface area contributed by atoms with E-state index in [1.807, 2.05) is 0 Å². The zero-order valence-electron chi connectivity index (χ0n) is 36.9. The Morgan fingerprint density at radius 3 is 1.06 bits per heavy atom. The van der Waals surface area contributed by atoms with Crippen LogP contribution in [-0.2, 0) is 33.6 Å². The number of azide groups is 1. The van der Waals surface area contributed by atoms with Crippen LogP contribution in [0.1, 0.15) is 77.6 Å². The van der Waals surface area contributed by atoms with Gasteiger partial charge in [0.05, 0.1) is 6.54 Å². The first-order valence-corrected chi connectivity index (χ1v) is 21.6. The molecule has 0 aliphatic carbocycles. The van der Waals surface area contributed by atoms with Crippen molar-refractivity contribution in [2.75, 3.05) is 38.5 Å². The van der Waals surface area contributed by atoms with Crippen molar-refractivity contribution < 1.29 is 38.7 Å². The van der Waals surface area contributed by atoms with Crippen molar-refractivity contribution in [2.45, 2.75) is 114 Å². The van der Waals surface area contributed by atoms with Gasteiger partial charge >= 0.3 is 5.97 Å². The first-order valence-electron chi connectivity index (χ1n) is 20.9. The van der Waals surface area contributed by atoms with Crippen molar-refractivity contribution in [3.05, 3.63) is 10.4 Å². The van der Waals surface area contributed by atoms with Gasteiger partial charge in [0.1, 0.15) is 36.3 Å². The third-order valence-electron chi connectivity index (χ3n) is 9.11. The molecule has 0 aromatic carbocycles. The second kappa shape index (κ2) is 34.3. The minimum atomic E-state index is -1.42. The highest BCUT2D eigenvalue weighted by Gasteiger charge is 2.33. The van der Waals surface area contributed by atoms with E-state index in [1.54, 1.807) is 0 Å². The topological polar surface area (TPSA) is 520 Å². The number of carboxylic acid groups (broad SMARTS) is 1. The number of rotatable bonds is 35. The molecule has 0 aromatic rings. The predicted octanol–water partition coefficient (Wildman–Crippen LogP) is -5.03. The molecule has 6 atom stereocenters. The Morgan fingerprint density at radius 1 is 0.515 bits per heavy atom. The van der Waals surface area contributed by atoms with Gasteiger partial charge in [-0.25, -0.2) is 4.79 Å². The largest absolute Gasteiger partial charge is 0.480 e. The van der Waals surface area contributed by atoms with Crippen LogP contribution in [-0.4, -0.2) is 145 Å². The molecule has 0 aliphatic rings. The number of carbonyl (C=O) groups excluding carboxylic acids is 6. The molecule has 0 bridgehead atoms. The fourth-order valence-electron chi connectivity index (χ4n) is 5.89. The van der Waals surface area contributed by atoms with Crippen LogP contribution in [0, 0.1) is 21.6 Å². The van der Waals surface area contributed by atoms with Crippen molar-refractivity contribution >= 4 is 77.9 Å². The number of carbonyl (C=O) groups is 7. The SMILES string of the molecule is CC(=O)N[C@@H](CCCCNN=[N+]=[N-])C(=O)N[C@@H](CCCNC(=N)N)C(=O)N[C@@H](CCCNC(=N)N)C(=O)N[C@@H](CCCNC(=N)N)C(=O)N[C@@H](CCCNC(=N)N)C(=O)N[C@H](CS)C(=O)O. The van der Waals surface area contributed by atoms with E-state index in [4.69, 9.17) is 50.1 Å². The molecule has 372 valence electrons. The molecule has 0 fully saturated rings. The minimum absolute atomic E-state index is 0.0452. The van der Waals surface area contributed by atoms with E-state index < -0.39 is 77.7 Å². The molecule has 0 saturated heterocycles. The average Bonchev–Trinajstić information content (AvgIpc) is 3.23. The molecule has 0 aliphatic heterocycles. The van der Waals surface area contributed by atoms with Gasteiger partial charge in [-0.3, -0.25) is 55.8 Å². The molecule has 0 radical (unpaired) electrons. The van der Waals surface area contributed by atoms with Gasteiger partial charge in [-0.2, -0.15) is 17.5 Å². The van der Waals surface area contributed by atoms with E-state index in [-0.39, 0.29) is 120 Å². The summed E-state index contributed by atoms with van der Waals surface area (Å²) in [6.45, 7) is 1.90. The fraction of sp³-hybridized carbons (Fsp3) is 0.686. The molecule has 66 heavy (non-hydrogen) atoms. The molecule has 0 aromatic heterocycles. The second-order valence-corrected chi connectivity index (χ2v) is 15.0. The zero-order chi connectivity index (χ0) is 50.0. The number of hydrogen-bond donors (Lipinski definition) is 21. The molecule has 0 rings (SSSR count). The van der Waals surface area contributed by atoms with Crippen LogP contribution >= 0.6 is 12.6 Å². The van der Waals surface area contributed by atoms with Gasteiger partial charge in [-0.15, -0.1) is 5.53 Å². The first kappa shape index (κ1) is 58.8. The van der Waals surface area contributed by atoms with Crippen LogP contribution in [0.15, 0.2) is 5.22 Å². The lowest BCUT2D eigenvalue weighted by Gasteiger charge is -2.28. The fourth-order valence-corrected chi connectivity index (χ4v) is 6.14. The molecular weight excluding hydrogens is 889 g/mol. The van der Waals surface area contributed by atoms with E-state index in [0.29, 0.717) is 12.8 Å². The molecule has 24 N–H and O–H groups in total. The Labute approximate surface area is 386 Å². The van der Waals surface area contributed by atoms with Crippen LogP contribution in [0.5, 0.6) is 0 Å². The Hall–Kier alpha value is -7.17. The highest BCUT2D eigenvalue weighted by Crippen LogP contribution is 2.09. The van der Waals surface area contributed by atoms with E-state index in [2.05, 4.69) is 81.4 Å². The number of nitrogens with zero attached hydrogens (tertiary/aromatic N) is 3. The van der Waals surface area contributed by atoms with Crippen LogP contribution < -0.4 is 81.5 Å². The smallest absolute Gasteiger partial charge is 0.327 e. The van der Waals surface area contributed by atoms with Crippen molar-refractivity contribution in [1.29, 1.82) is 21.6 Å². The van der Waals surface area contributed by atoms with Crippen LogP contribution in [0.4, 0.5) is 0 Å². The van der Waals surface area contributed by atoms with Crippen LogP contribution in [0.25, 0.3) is 10.4 Å². The molecule has 0 heterocycles. The number of guanidine groups is 4. The maximum atomic E-state index is 14.2. The number of aliphatic carboxylic acids is 1. The first-order chi connectivity index (χ1) is 31.2. The Bertz CT molecular complexity index is 1700. The summed E-state index contributed by atoms with van der Waals surface area (Å²) >= 11 is 3.97. The van der Waals surface area contributed by atoms with Crippen molar-refractivity contribution in [2.24, 2.45) is 28.2 Å². The molecule has 0 saturated carbocycles. The van der Waals surface area contributed by atoms with E-state index in [9.17, 15) is 38.7 Å². The van der Waals surface area contributed by atoms with Gasteiger partial charge in [0.2, 0.25) is 35.4 Å². The van der Waals surface area contributed by atoms with Crippen LogP contribution in [0.3, 0.4) is 0 Å². The normalized spacial score (nSPS) is 13.1. The monoisotopic (exact) mass is 957 g/mol. The summed E-state index contributed by atoms with van der Waals surface area (Å²) in [6.07, 6.45) is 1.30. The lowest BCUT2D eigenvalue weighted by atomic mass is 10.0. The van der Waals surface area contributed by atoms with E-state index in [0.717, 1.165) is 0 Å². The summed E-state index contributed by atoms with van der Waals surface area (Å²) in [5.74, 6) is -7.82. The molecule has 30 nitrogen and oxygen atoms in total. The number of amides is 6. The highest BCUT2D eigenvalue weighted by atomic mass is 32.1. The van der Waals surface area contributed by atoms with Gasteiger partial charge in [0.25, 0.3) is 0 Å². The van der Waals surface area contributed by atoms with Gasteiger partial charge in [-0.1, -0.05) is 0 Å². The third-order valence-corrected chi connectivity index (χ3v) is 9.48. The van der Waals surface area contributed by atoms with Gasteiger partial charge in [-0.05, 0) is 75.9 Å². The molecule has 0 spiro atoms. The summed E-state index contributed by atoms with van der Waals surface area (Å²) in [7, 11) is 0. The number of carboxylic acids is 1. The molecule has 31 heteroatoms. The van der Waals surface area contributed by atoms with Crippen molar-refractivity contribution in [3.8, 4) is 0 Å². The van der Waals surface area contributed by atoms with Gasteiger partial charge < -0.3 is 81.2 Å². The molecular formula is C35H68N22O8S. The zero-order valence-corrected chi connectivity index (χ0v) is 37.8. The maximum Gasteiger partial charge on any atom is 0.327 e. The second-order valence-electron chi connectivity index (χ2n) is 14.6. The predicted molar refractivity (Wildman–Crippen MR) is 246 cm³/mol. The summed E-state index contributed by atoms with van der Waals surface area (Å²) in [5.41, 5.74) is 32.5. The number of nitrogens with one attached hydrogen (secondary N) is 15. The average molecular weight is 957 g/mol. The van der Waals surface area contributed by atoms with E-state index >= 15 is 0 Å². The standard InChI is InChI=1S/C35H68N22O8S/c1-19(58)50-20(8-2-3-17-49-57-56-44)26(59)51-21(9-4-13-45-32(36)37)27(60)52-22(10-5-14-46-33(38)39)28(61)53-23(11-6-15-47-34(40)41)29(62)54-24(12-7-16-48-35(42)43)30(63)55-25(18-66)31(64)65/h20-25,49,66H,2-18H2,1H3,(H,50,58)(H,51,59)(H,52,60)(H,53,61)(H,54,62)(H,55,63)(H,64,65)(H4,36,37,45)(H4,38,39,46)(H4,40,41,47)(H4,42,43,48)/t20-,21-,22-,23-,24-,25+/m0/s1. The van der Waals surface area contributed by atoms with Crippen LogP contribution in [0.2, 0.25) is 0 Å². The lowest BCUT2D eigenvalue weighted by molar-refractivity contribution is -0.141. The number of thiol groups is 1. The third kappa shape index (κ3) is 28.5. The number of unbranched alkanes of at least 4 members (excludes halogenated alkanes) is 1. The molecule has 6 amide bonds. The summed E-state index contributed by atoms with van der Waals surface area (Å²) in [4.78, 5) is 95.5. The van der Waals surface area contributed by atoms with Crippen molar-refractivity contribution in [3.63, 3.8) is 0 Å². The maximum absolute atomic E-state index is 14.2. The Kier molecular flexibility index (Phi) is 30.5. The summed E-state index contributed by atoms with van der Waals surface area (Å²) in [6, 6.07) is -7.98. The quantitative estimate of drug-likeness (QED) is 0.00413. The summed E-state index contributed by atoms with van der Waals surface area (Å²) < 4.78 is 0. The highest BCUT2D eigenvalue weighted by molar-refractivity contribution is 7.80. The lowest BCUT2D eigenvalue weighted by Crippen LogP contribution is -2.59.